The minimum atomic E-state index is -0.193. The van der Waals surface area contributed by atoms with Crippen LogP contribution in [0.5, 0.6) is 11.5 Å². The number of aryl methyl sites for hydroxylation is 1. The molecule has 1 unspecified atom stereocenters. The van der Waals surface area contributed by atoms with Gasteiger partial charge in [0, 0.05) is 19.8 Å². The highest BCUT2D eigenvalue weighted by Gasteiger charge is 2.15. The summed E-state index contributed by atoms with van der Waals surface area (Å²) < 4.78 is 12.8. The fraction of sp³-hybridized carbons (Fsp3) is 0.412. The first-order valence-corrected chi connectivity index (χ1v) is 8.03. The zero-order valence-electron chi connectivity index (χ0n) is 13.9. The molecule has 7 nitrogen and oxygen atoms in total. The van der Waals surface area contributed by atoms with Crippen molar-refractivity contribution in [2.45, 2.75) is 19.4 Å². The number of rotatable bonds is 5. The van der Waals surface area contributed by atoms with Gasteiger partial charge in [0.25, 0.3) is 0 Å². The van der Waals surface area contributed by atoms with Gasteiger partial charge in [-0.2, -0.15) is 5.10 Å². The Labute approximate surface area is 140 Å². The average molecular weight is 330 g/mol. The van der Waals surface area contributed by atoms with Crippen LogP contribution in [0.2, 0.25) is 0 Å². The zero-order valence-corrected chi connectivity index (χ0v) is 13.9. The number of carbonyl (C=O) groups is 1. The van der Waals surface area contributed by atoms with Crippen LogP contribution in [0.15, 0.2) is 30.6 Å². The van der Waals surface area contributed by atoms with Gasteiger partial charge in [-0.05, 0) is 36.6 Å². The van der Waals surface area contributed by atoms with E-state index in [4.69, 9.17) is 9.47 Å². The van der Waals surface area contributed by atoms with E-state index in [1.54, 1.807) is 10.9 Å². The van der Waals surface area contributed by atoms with Gasteiger partial charge >= 0.3 is 6.03 Å². The van der Waals surface area contributed by atoms with Crippen molar-refractivity contribution in [2.24, 2.45) is 7.05 Å². The normalized spacial score (nSPS) is 14.1. The number of urea groups is 1. The predicted molar refractivity (Wildman–Crippen MR) is 89.3 cm³/mol. The third-order valence-corrected chi connectivity index (χ3v) is 3.87. The largest absolute Gasteiger partial charge is 0.486 e. The van der Waals surface area contributed by atoms with Gasteiger partial charge in [0.1, 0.15) is 13.2 Å². The Morgan fingerprint density at radius 3 is 2.88 bits per heavy atom. The lowest BCUT2D eigenvalue weighted by Crippen LogP contribution is -2.38. The number of aromatic nitrogens is 2. The smallest absolute Gasteiger partial charge is 0.315 e. The Bertz CT molecular complexity index is 714. The first-order chi connectivity index (χ1) is 11.6. The monoisotopic (exact) mass is 330 g/mol. The maximum Gasteiger partial charge on any atom is 0.315 e. The van der Waals surface area contributed by atoms with Crippen LogP contribution in [0.25, 0.3) is 0 Å². The molecule has 2 N–H and O–H groups in total. The Morgan fingerprint density at radius 2 is 2.12 bits per heavy atom. The number of carbonyl (C=O) groups excluding carboxylic acids is 1. The molecule has 1 atom stereocenters. The quantitative estimate of drug-likeness (QED) is 0.876. The van der Waals surface area contributed by atoms with Gasteiger partial charge in [0.15, 0.2) is 11.5 Å². The molecule has 2 aromatic rings. The fourth-order valence-electron chi connectivity index (χ4n) is 2.58. The molecule has 128 valence electrons. The van der Waals surface area contributed by atoms with Gasteiger partial charge in [-0.15, -0.1) is 0 Å². The standard InChI is InChI=1S/C17H22N4O3/c1-12(14-3-4-15-16(9-14)24-8-7-23-15)20-17(22)18-6-5-13-10-19-21(2)11-13/h3-4,9-12H,5-8H2,1-2H3,(H2,18,20,22). The summed E-state index contributed by atoms with van der Waals surface area (Å²) in [6.45, 7) is 3.62. The van der Waals surface area contributed by atoms with E-state index in [2.05, 4.69) is 15.7 Å². The number of nitrogens with one attached hydrogen (secondary N) is 2. The Morgan fingerprint density at radius 1 is 1.33 bits per heavy atom. The van der Waals surface area contributed by atoms with Crippen LogP contribution in [-0.2, 0) is 13.5 Å². The fourth-order valence-corrected chi connectivity index (χ4v) is 2.58. The number of hydrogen-bond acceptors (Lipinski definition) is 4. The van der Waals surface area contributed by atoms with Gasteiger partial charge in [0.2, 0.25) is 0 Å². The van der Waals surface area contributed by atoms with Gasteiger partial charge in [-0.25, -0.2) is 4.79 Å². The van der Waals surface area contributed by atoms with Crippen molar-refractivity contribution in [3.63, 3.8) is 0 Å². The molecule has 1 aliphatic heterocycles. The molecule has 1 aromatic heterocycles. The predicted octanol–water partition coefficient (Wildman–Crippen LogP) is 1.79. The molecule has 0 aliphatic carbocycles. The van der Waals surface area contributed by atoms with E-state index in [-0.39, 0.29) is 12.1 Å². The average Bonchev–Trinajstić information content (AvgIpc) is 2.99. The van der Waals surface area contributed by atoms with Crippen molar-refractivity contribution in [2.75, 3.05) is 19.8 Å². The van der Waals surface area contributed by atoms with E-state index < -0.39 is 0 Å². The van der Waals surface area contributed by atoms with E-state index in [9.17, 15) is 4.79 Å². The van der Waals surface area contributed by atoms with Crippen molar-refractivity contribution in [1.82, 2.24) is 20.4 Å². The molecule has 0 saturated carbocycles. The minimum absolute atomic E-state index is 0.126. The molecule has 1 aromatic carbocycles. The SMILES string of the molecule is CC(NC(=O)NCCc1cnn(C)c1)c1ccc2c(c1)OCCO2. The number of nitrogens with zero attached hydrogens (tertiary/aromatic N) is 2. The molecular formula is C17H22N4O3. The number of amides is 2. The van der Waals surface area contributed by atoms with E-state index in [1.165, 1.54) is 0 Å². The lowest BCUT2D eigenvalue weighted by atomic mass is 10.1. The van der Waals surface area contributed by atoms with Crippen LogP contribution in [0.1, 0.15) is 24.1 Å². The van der Waals surface area contributed by atoms with Crippen molar-refractivity contribution in [3.05, 3.63) is 41.7 Å². The second kappa shape index (κ2) is 7.25. The van der Waals surface area contributed by atoms with Crippen molar-refractivity contribution in [3.8, 4) is 11.5 Å². The summed E-state index contributed by atoms with van der Waals surface area (Å²) in [6.07, 6.45) is 4.49. The molecule has 24 heavy (non-hydrogen) atoms. The molecule has 0 bridgehead atoms. The zero-order chi connectivity index (χ0) is 16.9. The maximum absolute atomic E-state index is 12.0. The topological polar surface area (TPSA) is 77.4 Å². The van der Waals surface area contributed by atoms with Crippen LogP contribution in [-0.4, -0.2) is 35.6 Å². The van der Waals surface area contributed by atoms with Crippen molar-refractivity contribution < 1.29 is 14.3 Å². The number of fused-ring (bicyclic) bond motifs is 1. The Hall–Kier alpha value is -2.70. The van der Waals surface area contributed by atoms with Gasteiger partial charge in [-0.1, -0.05) is 6.07 Å². The summed E-state index contributed by atoms with van der Waals surface area (Å²) in [4.78, 5) is 12.0. The molecule has 2 amide bonds. The highest BCUT2D eigenvalue weighted by atomic mass is 16.6. The molecule has 3 rings (SSSR count). The molecule has 2 heterocycles. The summed E-state index contributed by atoms with van der Waals surface area (Å²) in [7, 11) is 1.87. The summed E-state index contributed by atoms with van der Waals surface area (Å²) in [5, 5.41) is 9.89. The summed E-state index contributed by atoms with van der Waals surface area (Å²) in [5.41, 5.74) is 2.07. The molecule has 0 fully saturated rings. The lowest BCUT2D eigenvalue weighted by molar-refractivity contribution is 0.171. The van der Waals surface area contributed by atoms with Gasteiger partial charge < -0.3 is 20.1 Å². The molecule has 7 heteroatoms. The highest BCUT2D eigenvalue weighted by Crippen LogP contribution is 2.32. The van der Waals surface area contributed by atoms with Crippen LogP contribution in [0, 0.1) is 0 Å². The Balaban J connectivity index is 1.48. The van der Waals surface area contributed by atoms with E-state index in [1.807, 2.05) is 38.4 Å². The van der Waals surface area contributed by atoms with Crippen LogP contribution in [0.3, 0.4) is 0 Å². The van der Waals surface area contributed by atoms with Crippen LogP contribution in [0.4, 0.5) is 4.79 Å². The van der Waals surface area contributed by atoms with Crippen molar-refractivity contribution >= 4 is 6.03 Å². The summed E-state index contributed by atoms with van der Waals surface area (Å²) >= 11 is 0. The second-order valence-electron chi connectivity index (χ2n) is 5.80. The third kappa shape index (κ3) is 3.98. The van der Waals surface area contributed by atoms with Gasteiger partial charge in [-0.3, -0.25) is 4.68 Å². The molecule has 0 radical (unpaired) electrons. The molecule has 0 spiro atoms. The minimum Gasteiger partial charge on any atom is -0.486 e. The summed E-state index contributed by atoms with van der Waals surface area (Å²) in [6, 6.07) is 5.41. The summed E-state index contributed by atoms with van der Waals surface area (Å²) in [5.74, 6) is 1.47. The van der Waals surface area contributed by atoms with Crippen molar-refractivity contribution in [1.29, 1.82) is 0 Å². The lowest BCUT2D eigenvalue weighted by Gasteiger charge is -2.21. The molecular weight excluding hydrogens is 308 g/mol. The maximum atomic E-state index is 12.0. The highest BCUT2D eigenvalue weighted by molar-refractivity contribution is 5.74. The molecule has 0 saturated heterocycles. The van der Waals surface area contributed by atoms with E-state index in [0.29, 0.717) is 19.8 Å². The molecule has 1 aliphatic rings. The Kier molecular flexibility index (Phi) is 4.88. The van der Waals surface area contributed by atoms with Crippen LogP contribution < -0.4 is 20.1 Å². The number of ether oxygens (including phenoxy) is 2. The van der Waals surface area contributed by atoms with Gasteiger partial charge in [0.05, 0.1) is 12.2 Å². The first-order valence-electron chi connectivity index (χ1n) is 8.03. The first kappa shape index (κ1) is 16.2. The number of hydrogen-bond donors (Lipinski definition) is 2. The van der Waals surface area contributed by atoms with E-state index >= 15 is 0 Å². The number of benzene rings is 1. The third-order valence-electron chi connectivity index (χ3n) is 3.87. The van der Waals surface area contributed by atoms with E-state index in [0.717, 1.165) is 29.0 Å². The second-order valence-corrected chi connectivity index (χ2v) is 5.80. The van der Waals surface area contributed by atoms with Crippen LogP contribution >= 0.6 is 0 Å².